The maximum atomic E-state index is 16.3. The van der Waals surface area contributed by atoms with Crippen molar-refractivity contribution in [3.05, 3.63) is 76.7 Å². The second kappa shape index (κ2) is 11.5. The van der Waals surface area contributed by atoms with Crippen LogP contribution >= 0.6 is 0 Å². The van der Waals surface area contributed by atoms with Gasteiger partial charge in [0.1, 0.15) is 41.8 Å². The van der Waals surface area contributed by atoms with Crippen LogP contribution in [0.15, 0.2) is 47.9 Å². The summed E-state index contributed by atoms with van der Waals surface area (Å²) in [7, 11) is 0. The first-order valence-corrected chi connectivity index (χ1v) is 14.2. The van der Waals surface area contributed by atoms with Gasteiger partial charge in [0, 0.05) is 37.4 Å². The average Bonchev–Trinajstić information content (AvgIpc) is 3.03. The van der Waals surface area contributed by atoms with Crippen molar-refractivity contribution < 1.29 is 32.9 Å². The monoisotopic (exact) mass is 624 g/mol. The lowest BCUT2D eigenvalue weighted by Crippen LogP contribution is -2.58. The first-order chi connectivity index (χ1) is 23.0. The number of pyridine rings is 2. The summed E-state index contributed by atoms with van der Waals surface area (Å²) in [6.45, 7) is 4.20. The minimum atomic E-state index is -3.40. The van der Waals surface area contributed by atoms with Gasteiger partial charge in [-0.2, -0.15) is 4.98 Å². The Balaban J connectivity index is 1.76. The van der Waals surface area contributed by atoms with Gasteiger partial charge < -0.3 is 19.3 Å². The fourth-order valence-corrected chi connectivity index (χ4v) is 5.72. The standard InChI is InChI=1S/C32H31F3N6O4/c1-6-24(42)39-14-18(5)40(15-17(39)4)30-19-13-21(34)28-25-22(8-7-20(33)26(25)35)44-11-12-45-23-9-10-36-27(16(2)3)29(23)41(31(19)37-28)32(43)38-30/h6-10,13,16-18H,1,11-12,14-15H2,2-5H3/t17-,18+/m1/s1/i11D2,12D2. The number of amides is 1. The molecule has 2 aliphatic rings. The summed E-state index contributed by atoms with van der Waals surface area (Å²) in [5, 5.41) is -0.0393. The molecule has 234 valence electrons. The van der Waals surface area contributed by atoms with Crippen LogP contribution in [0.25, 0.3) is 28.0 Å². The Hall–Kier alpha value is -4.94. The zero-order chi connectivity index (χ0) is 35.7. The van der Waals surface area contributed by atoms with Crippen LogP contribution in [0, 0.1) is 17.5 Å². The first-order valence-electron chi connectivity index (χ1n) is 16.2. The van der Waals surface area contributed by atoms with Gasteiger partial charge in [0.15, 0.2) is 23.1 Å². The Morgan fingerprint density at radius 1 is 1.07 bits per heavy atom. The smallest absolute Gasteiger partial charge is 0.356 e. The molecule has 6 rings (SSSR count). The summed E-state index contributed by atoms with van der Waals surface area (Å²) in [5.74, 6) is -6.20. The molecule has 13 heteroatoms. The summed E-state index contributed by atoms with van der Waals surface area (Å²) in [5.41, 5.74) is -3.09. The molecule has 1 saturated heterocycles. The normalized spacial score (nSPS) is 21.6. The largest absolute Gasteiger partial charge is 0.489 e. The highest BCUT2D eigenvalue weighted by molar-refractivity contribution is 5.92. The molecular weight excluding hydrogens is 589 g/mol. The molecule has 5 heterocycles. The molecule has 1 amide bonds. The van der Waals surface area contributed by atoms with Gasteiger partial charge in [0.25, 0.3) is 0 Å². The predicted molar refractivity (Wildman–Crippen MR) is 161 cm³/mol. The topological polar surface area (TPSA) is 103 Å². The summed E-state index contributed by atoms with van der Waals surface area (Å²) in [4.78, 5) is 43.2. The van der Waals surface area contributed by atoms with E-state index in [1.54, 1.807) is 37.5 Å². The predicted octanol–water partition coefficient (Wildman–Crippen LogP) is 4.77. The third kappa shape index (κ3) is 5.05. The van der Waals surface area contributed by atoms with E-state index in [0.29, 0.717) is 6.07 Å². The van der Waals surface area contributed by atoms with E-state index in [4.69, 9.17) is 15.0 Å². The SMILES string of the molecule is [2H]C1([2H])Oc2ccc(F)c(F)c2-c2nc3c(cc2F)c(N2C[C@@H](C)N(C(=O)C=C)C[C@@H]2C)nc(=O)n3-c2c(ccnc2C(C)C)OC1([2H])[2H]. The Kier molecular flexibility index (Phi) is 6.50. The van der Waals surface area contributed by atoms with Gasteiger partial charge in [0.2, 0.25) is 5.91 Å². The minimum Gasteiger partial charge on any atom is -0.489 e. The Morgan fingerprint density at radius 2 is 1.80 bits per heavy atom. The number of aromatic nitrogens is 4. The highest BCUT2D eigenvalue weighted by atomic mass is 19.2. The number of nitrogens with zero attached hydrogens (tertiary/aromatic N) is 6. The first kappa shape index (κ1) is 25.4. The number of carbonyl (C=O) groups is 1. The molecule has 0 saturated carbocycles. The lowest BCUT2D eigenvalue weighted by atomic mass is 10.0. The van der Waals surface area contributed by atoms with E-state index in [0.717, 1.165) is 16.7 Å². The number of hydrogen-bond donors (Lipinski definition) is 0. The van der Waals surface area contributed by atoms with Crippen molar-refractivity contribution in [1.29, 1.82) is 0 Å². The highest BCUT2D eigenvalue weighted by Gasteiger charge is 2.35. The fourth-order valence-electron chi connectivity index (χ4n) is 5.72. The third-order valence-corrected chi connectivity index (χ3v) is 7.86. The van der Waals surface area contributed by atoms with Crippen molar-refractivity contribution in [2.75, 3.05) is 31.1 Å². The van der Waals surface area contributed by atoms with Crippen molar-refractivity contribution in [3.8, 4) is 28.4 Å². The number of benzene rings is 1. The van der Waals surface area contributed by atoms with E-state index in [1.807, 2.05) is 0 Å². The Bertz CT molecular complexity index is 2100. The van der Waals surface area contributed by atoms with Gasteiger partial charge in [-0.05, 0) is 44.0 Å². The molecule has 0 spiro atoms. The van der Waals surface area contributed by atoms with Gasteiger partial charge >= 0.3 is 5.69 Å². The lowest BCUT2D eigenvalue weighted by molar-refractivity contribution is -0.128. The van der Waals surface area contributed by atoms with Crippen LogP contribution in [0.1, 0.15) is 44.8 Å². The van der Waals surface area contributed by atoms with Crippen LogP contribution < -0.4 is 20.1 Å². The molecule has 0 N–H and O–H groups in total. The van der Waals surface area contributed by atoms with Gasteiger partial charge in [-0.15, -0.1) is 0 Å². The lowest BCUT2D eigenvalue weighted by Gasteiger charge is -2.44. The molecule has 0 radical (unpaired) electrons. The van der Waals surface area contributed by atoms with E-state index in [-0.39, 0.29) is 59.0 Å². The van der Waals surface area contributed by atoms with Crippen molar-refractivity contribution >= 4 is 22.8 Å². The molecule has 2 aliphatic heterocycles. The van der Waals surface area contributed by atoms with E-state index in [1.165, 1.54) is 18.3 Å². The van der Waals surface area contributed by atoms with Crippen molar-refractivity contribution in [2.45, 2.75) is 45.7 Å². The number of carbonyl (C=O) groups excluding carboxylic acids is 1. The van der Waals surface area contributed by atoms with Crippen LogP contribution in [0.5, 0.6) is 11.5 Å². The zero-order valence-corrected chi connectivity index (χ0v) is 24.8. The highest BCUT2D eigenvalue weighted by Crippen LogP contribution is 2.39. The van der Waals surface area contributed by atoms with Crippen molar-refractivity contribution in [1.82, 2.24) is 24.4 Å². The van der Waals surface area contributed by atoms with Crippen molar-refractivity contribution in [2.24, 2.45) is 0 Å². The second-order valence-corrected chi connectivity index (χ2v) is 11.1. The van der Waals surface area contributed by atoms with Crippen molar-refractivity contribution in [3.63, 3.8) is 0 Å². The summed E-state index contributed by atoms with van der Waals surface area (Å²) in [6, 6.07) is 2.75. The molecule has 2 bridgehead atoms. The van der Waals surface area contributed by atoms with Crippen LogP contribution in [0.4, 0.5) is 19.0 Å². The second-order valence-electron chi connectivity index (χ2n) is 11.1. The van der Waals surface area contributed by atoms with Gasteiger partial charge in [-0.3, -0.25) is 9.78 Å². The molecule has 2 atom stereocenters. The number of fused-ring (bicyclic) bond motifs is 5. The maximum Gasteiger partial charge on any atom is 0.356 e. The molecule has 1 fully saturated rings. The number of halogens is 3. The molecule has 45 heavy (non-hydrogen) atoms. The number of ether oxygens (including phenoxy) is 2. The van der Waals surface area contributed by atoms with Gasteiger partial charge in [0.05, 0.1) is 22.1 Å². The minimum absolute atomic E-state index is 0.00773. The fraction of sp³-hybridized carbons (Fsp3) is 0.344. The van der Waals surface area contributed by atoms with E-state index >= 15 is 8.78 Å². The average molecular weight is 625 g/mol. The summed E-state index contributed by atoms with van der Waals surface area (Å²) in [6.07, 6.45) is 2.47. The van der Waals surface area contributed by atoms with Crippen LogP contribution in [0.2, 0.25) is 0 Å². The molecule has 4 aromatic rings. The van der Waals surface area contributed by atoms with E-state index < -0.39 is 65.2 Å². The summed E-state index contributed by atoms with van der Waals surface area (Å²) < 4.78 is 92.5. The van der Waals surface area contributed by atoms with Crippen LogP contribution in [-0.4, -0.2) is 68.6 Å². The molecular formula is C32H31F3N6O4. The van der Waals surface area contributed by atoms with E-state index in [2.05, 4.69) is 21.5 Å². The number of hydrogen-bond acceptors (Lipinski definition) is 8. The Morgan fingerprint density at radius 3 is 2.51 bits per heavy atom. The molecule has 0 aliphatic carbocycles. The molecule has 3 aromatic heterocycles. The number of rotatable bonds is 3. The third-order valence-electron chi connectivity index (χ3n) is 7.86. The number of piperazine rings is 1. The van der Waals surface area contributed by atoms with Gasteiger partial charge in [-0.25, -0.2) is 27.5 Å². The quantitative estimate of drug-likeness (QED) is 0.301. The van der Waals surface area contributed by atoms with Crippen LogP contribution in [-0.2, 0) is 4.79 Å². The summed E-state index contributed by atoms with van der Waals surface area (Å²) >= 11 is 0. The molecule has 10 nitrogen and oxygen atoms in total. The van der Waals surface area contributed by atoms with Gasteiger partial charge in [-0.1, -0.05) is 20.4 Å². The molecule has 1 aromatic carbocycles. The Labute approximate surface area is 262 Å². The van der Waals surface area contributed by atoms with Crippen LogP contribution in [0.3, 0.4) is 0 Å². The zero-order valence-electron chi connectivity index (χ0n) is 28.8. The number of anilines is 1. The molecule has 0 unspecified atom stereocenters. The maximum absolute atomic E-state index is 16.3. The van der Waals surface area contributed by atoms with E-state index in [9.17, 15) is 14.0 Å².